The molecule has 32 heavy (non-hydrogen) atoms. The van der Waals surface area contributed by atoms with Crippen LogP contribution in [-0.2, 0) is 25.6 Å². The van der Waals surface area contributed by atoms with Crippen LogP contribution in [0.5, 0.6) is 0 Å². The lowest BCUT2D eigenvalue weighted by atomic mass is 9.88. The molecule has 4 heterocycles. The molecule has 1 atom stereocenters. The second-order valence-electron chi connectivity index (χ2n) is 8.85. The van der Waals surface area contributed by atoms with Crippen molar-refractivity contribution in [1.29, 1.82) is 0 Å². The number of ether oxygens (including phenoxy) is 2. The molecule has 2 aliphatic heterocycles. The van der Waals surface area contributed by atoms with Crippen molar-refractivity contribution in [2.45, 2.75) is 76.3 Å². The molecule has 170 valence electrons. The first kappa shape index (κ1) is 21.5. The van der Waals surface area contributed by atoms with E-state index in [0.717, 1.165) is 34.5 Å². The number of cyclic esters (lactones) is 2. The van der Waals surface area contributed by atoms with E-state index >= 15 is 0 Å². The molecular formula is C23H27N3O5S. The van der Waals surface area contributed by atoms with E-state index in [4.69, 9.17) is 14.5 Å². The summed E-state index contributed by atoms with van der Waals surface area (Å²) in [6.07, 6.45) is 9.55. The fourth-order valence-corrected chi connectivity index (χ4v) is 6.36. The second-order valence-corrected chi connectivity index (χ2v) is 9.92. The van der Waals surface area contributed by atoms with Crippen molar-refractivity contribution in [3.05, 3.63) is 34.6 Å². The number of thiophene rings is 1. The maximum atomic E-state index is 11.9. The highest BCUT2D eigenvalue weighted by molar-refractivity contribution is 7.18. The molecule has 9 heteroatoms. The second kappa shape index (κ2) is 8.53. The average Bonchev–Trinajstić information content (AvgIpc) is 3.37. The van der Waals surface area contributed by atoms with Crippen molar-refractivity contribution < 1.29 is 24.2 Å². The minimum Gasteiger partial charge on any atom is -0.394 e. The molecule has 5 rings (SSSR count). The molecule has 0 bridgehead atoms. The van der Waals surface area contributed by atoms with Gasteiger partial charge in [0.05, 0.1) is 5.69 Å². The standard InChI is InChI=1S/C23H27N3O5S/c1-14-24-17(16-12-18(32-22(16)25-14)15-6-3-2-4-7-15)13-26-11-5-8-19(26)23(29)30-20(27)9-10-21(28)31-23/h9-10,12,15,19,29H,2-8,11,13H2,1H3/t19-/m0/s1. The van der Waals surface area contributed by atoms with Crippen molar-refractivity contribution >= 4 is 33.5 Å². The van der Waals surface area contributed by atoms with Crippen LogP contribution in [-0.4, -0.2) is 50.5 Å². The van der Waals surface area contributed by atoms with Gasteiger partial charge in [-0.05, 0) is 51.1 Å². The Balaban J connectivity index is 1.43. The maximum absolute atomic E-state index is 11.9. The summed E-state index contributed by atoms with van der Waals surface area (Å²) in [5.41, 5.74) is 0.880. The first-order chi connectivity index (χ1) is 15.4. The van der Waals surface area contributed by atoms with E-state index in [1.165, 1.54) is 37.0 Å². The molecule has 0 amide bonds. The molecule has 0 unspecified atom stereocenters. The largest absolute Gasteiger partial charge is 0.394 e. The Morgan fingerprint density at radius 2 is 1.81 bits per heavy atom. The van der Waals surface area contributed by atoms with Crippen LogP contribution in [0.1, 0.15) is 67.3 Å². The number of aromatic nitrogens is 2. The van der Waals surface area contributed by atoms with Crippen molar-refractivity contribution in [3.63, 3.8) is 0 Å². The number of aryl methyl sites for hydroxylation is 1. The molecule has 2 fully saturated rings. The van der Waals surface area contributed by atoms with Crippen molar-refractivity contribution in [3.8, 4) is 0 Å². The van der Waals surface area contributed by atoms with Crippen LogP contribution in [0.4, 0.5) is 0 Å². The van der Waals surface area contributed by atoms with Crippen molar-refractivity contribution in [1.82, 2.24) is 14.9 Å². The lowest BCUT2D eigenvalue weighted by molar-refractivity contribution is -0.342. The van der Waals surface area contributed by atoms with E-state index in [2.05, 4.69) is 11.1 Å². The van der Waals surface area contributed by atoms with Gasteiger partial charge in [-0.2, -0.15) is 0 Å². The van der Waals surface area contributed by atoms with Gasteiger partial charge in [-0.15, -0.1) is 11.3 Å². The van der Waals surface area contributed by atoms with E-state index in [-0.39, 0.29) is 0 Å². The van der Waals surface area contributed by atoms with Crippen molar-refractivity contribution in [2.24, 2.45) is 0 Å². The summed E-state index contributed by atoms with van der Waals surface area (Å²) in [6, 6.07) is 1.57. The van der Waals surface area contributed by atoms with Crippen LogP contribution >= 0.6 is 11.3 Å². The third-order valence-corrected chi connectivity index (χ3v) is 7.79. The summed E-state index contributed by atoms with van der Waals surface area (Å²) < 4.78 is 10.3. The lowest BCUT2D eigenvalue weighted by Crippen LogP contribution is -2.54. The van der Waals surface area contributed by atoms with Crippen LogP contribution in [0.3, 0.4) is 0 Å². The lowest BCUT2D eigenvalue weighted by Gasteiger charge is -2.35. The van der Waals surface area contributed by atoms with E-state index in [0.29, 0.717) is 31.3 Å². The third kappa shape index (κ3) is 4.16. The van der Waals surface area contributed by atoms with Crippen LogP contribution < -0.4 is 0 Å². The van der Waals surface area contributed by atoms with E-state index in [1.807, 2.05) is 11.8 Å². The molecule has 0 spiro atoms. The molecule has 1 saturated carbocycles. The smallest absolute Gasteiger partial charge is 0.390 e. The van der Waals surface area contributed by atoms with Crippen molar-refractivity contribution in [2.75, 3.05) is 6.54 Å². The van der Waals surface area contributed by atoms with Gasteiger partial charge < -0.3 is 14.6 Å². The third-order valence-electron chi connectivity index (χ3n) is 6.60. The quantitative estimate of drug-likeness (QED) is 0.698. The number of likely N-dealkylation sites (tertiary alicyclic amines) is 1. The van der Waals surface area contributed by atoms with E-state index < -0.39 is 24.0 Å². The summed E-state index contributed by atoms with van der Waals surface area (Å²) in [7, 11) is 0. The first-order valence-corrected chi connectivity index (χ1v) is 12.1. The zero-order chi connectivity index (χ0) is 22.3. The van der Waals surface area contributed by atoms with Gasteiger partial charge in [-0.1, -0.05) is 19.3 Å². The Morgan fingerprint density at radius 1 is 1.09 bits per heavy atom. The van der Waals surface area contributed by atoms with Crippen LogP contribution in [0.25, 0.3) is 10.2 Å². The number of carbonyl (C=O) groups is 2. The van der Waals surface area contributed by atoms with Gasteiger partial charge in [-0.3, -0.25) is 4.90 Å². The molecule has 0 radical (unpaired) electrons. The monoisotopic (exact) mass is 457 g/mol. The number of fused-ring (bicyclic) bond motifs is 1. The van der Waals surface area contributed by atoms with Gasteiger partial charge in [0.1, 0.15) is 16.7 Å². The number of nitrogens with zero attached hydrogens (tertiary/aromatic N) is 3. The van der Waals surface area contributed by atoms with E-state index in [9.17, 15) is 14.7 Å². The topological polar surface area (TPSA) is 102 Å². The molecule has 1 aliphatic carbocycles. The number of aliphatic hydroxyl groups is 1. The van der Waals surface area contributed by atoms with E-state index in [1.54, 1.807) is 11.3 Å². The normalized spacial score (nSPS) is 24.5. The number of hydrogen-bond acceptors (Lipinski definition) is 9. The highest BCUT2D eigenvalue weighted by atomic mass is 32.1. The number of carbonyl (C=O) groups excluding carboxylic acids is 2. The predicted molar refractivity (Wildman–Crippen MR) is 118 cm³/mol. The zero-order valence-electron chi connectivity index (χ0n) is 18.1. The molecule has 2 aromatic heterocycles. The van der Waals surface area contributed by atoms with Gasteiger partial charge in [0.2, 0.25) is 0 Å². The van der Waals surface area contributed by atoms with Gasteiger partial charge in [0.15, 0.2) is 0 Å². The summed E-state index contributed by atoms with van der Waals surface area (Å²) in [6.45, 7) is 2.99. The Labute approximate surface area is 190 Å². The Morgan fingerprint density at radius 3 is 2.53 bits per heavy atom. The highest BCUT2D eigenvalue weighted by Gasteiger charge is 2.50. The fraction of sp³-hybridized carbons (Fsp3) is 0.565. The summed E-state index contributed by atoms with van der Waals surface area (Å²) in [5, 5.41) is 12.0. The number of rotatable bonds is 4. The molecule has 1 N–H and O–H groups in total. The Kier molecular flexibility index (Phi) is 5.73. The minimum absolute atomic E-state index is 0.441. The summed E-state index contributed by atoms with van der Waals surface area (Å²) >= 11 is 1.76. The van der Waals surface area contributed by atoms with Gasteiger partial charge in [0.25, 0.3) is 0 Å². The minimum atomic E-state index is -2.32. The first-order valence-electron chi connectivity index (χ1n) is 11.3. The summed E-state index contributed by atoms with van der Waals surface area (Å²) in [5.74, 6) is -2.64. The molecule has 8 nitrogen and oxygen atoms in total. The Hall–Kier alpha value is -2.36. The van der Waals surface area contributed by atoms with Gasteiger partial charge >= 0.3 is 17.9 Å². The van der Waals surface area contributed by atoms with Crippen LogP contribution in [0.2, 0.25) is 0 Å². The summed E-state index contributed by atoms with van der Waals surface area (Å²) in [4.78, 5) is 37.5. The van der Waals surface area contributed by atoms with Gasteiger partial charge in [0, 0.05) is 29.0 Å². The number of esters is 2. The maximum Gasteiger partial charge on any atom is 0.390 e. The van der Waals surface area contributed by atoms with Crippen LogP contribution in [0, 0.1) is 6.92 Å². The molecule has 2 aromatic rings. The van der Waals surface area contributed by atoms with Gasteiger partial charge in [-0.25, -0.2) is 19.6 Å². The molecular weight excluding hydrogens is 430 g/mol. The van der Waals surface area contributed by atoms with Crippen LogP contribution in [0.15, 0.2) is 18.2 Å². The highest BCUT2D eigenvalue weighted by Crippen LogP contribution is 2.40. The number of hydrogen-bond donors (Lipinski definition) is 1. The molecule has 3 aliphatic rings. The fourth-order valence-electron chi connectivity index (χ4n) is 5.10. The molecule has 0 aromatic carbocycles. The molecule has 1 saturated heterocycles. The zero-order valence-corrected chi connectivity index (χ0v) is 18.9. The average molecular weight is 458 g/mol. The SMILES string of the molecule is Cc1nc(CN2CCC[C@H]2C2(O)OC(=O)C=CC(=O)O2)c2cc(C3CCCCC3)sc2n1. The predicted octanol–water partition coefficient (Wildman–Crippen LogP) is 3.31. The Bertz CT molecular complexity index is 1060.